The van der Waals surface area contributed by atoms with Crippen LogP contribution < -0.4 is 5.32 Å². The predicted octanol–water partition coefficient (Wildman–Crippen LogP) is 2.75. The highest BCUT2D eigenvalue weighted by atomic mass is 16.5. The highest BCUT2D eigenvalue weighted by molar-refractivity contribution is 5.74. The lowest BCUT2D eigenvalue weighted by Gasteiger charge is -2.39. The van der Waals surface area contributed by atoms with Gasteiger partial charge in [0.25, 0.3) is 0 Å². The molecule has 0 unspecified atom stereocenters. The van der Waals surface area contributed by atoms with Gasteiger partial charge in [0.05, 0.1) is 12.6 Å². The summed E-state index contributed by atoms with van der Waals surface area (Å²) >= 11 is 0. The topological polar surface area (TPSA) is 44.8 Å². The third kappa shape index (κ3) is 4.62. The molecule has 0 aliphatic carbocycles. The normalized spacial score (nSPS) is 15.2. The minimum Gasteiger partial charge on any atom is -0.383 e. The highest BCUT2D eigenvalue weighted by Gasteiger charge is 2.27. The summed E-state index contributed by atoms with van der Waals surface area (Å²) in [5, 5.41) is 2.90. The van der Waals surface area contributed by atoms with Crippen LogP contribution in [0.2, 0.25) is 0 Å². The fourth-order valence-corrected chi connectivity index (χ4v) is 3.44. The number of ether oxygens (including phenoxy) is 1. The smallest absolute Gasteiger partial charge is 0.317 e. The van der Waals surface area contributed by atoms with Crippen molar-refractivity contribution in [3.8, 4) is 0 Å². The van der Waals surface area contributed by atoms with E-state index in [0.29, 0.717) is 13.2 Å². The Morgan fingerprint density at radius 3 is 2.00 bits per heavy atom. The van der Waals surface area contributed by atoms with Gasteiger partial charge in [-0.2, -0.15) is 0 Å². The van der Waals surface area contributed by atoms with Crippen LogP contribution in [0.4, 0.5) is 4.79 Å². The number of piperazine rings is 1. The van der Waals surface area contributed by atoms with E-state index in [0.717, 1.165) is 26.2 Å². The molecule has 1 heterocycles. The van der Waals surface area contributed by atoms with E-state index in [1.165, 1.54) is 11.1 Å². The second-order valence-corrected chi connectivity index (χ2v) is 6.47. The zero-order chi connectivity index (χ0) is 18.2. The van der Waals surface area contributed by atoms with E-state index in [2.05, 4.69) is 58.7 Å². The number of rotatable bonds is 6. The average molecular weight is 353 g/mol. The van der Waals surface area contributed by atoms with Crippen LogP contribution in [-0.4, -0.2) is 62.3 Å². The molecule has 5 heteroatoms. The number of methoxy groups -OCH3 is 1. The van der Waals surface area contributed by atoms with E-state index in [4.69, 9.17) is 4.74 Å². The number of hydrogen-bond acceptors (Lipinski definition) is 3. The van der Waals surface area contributed by atoms with Gasteiger partial charge in [-0.05, 0) is 11.1 Å². The highest BCUT2D eigenvalue weighted by Crippen LogP contribution is 2.29. The summed E-state index contributed by atoms with van der Waals surface area (Å²) in [5.41, 5.74) is 2.58. The molecule has 0 radical (unpaired) electrons. The van der Waals surface area contributed by atoms with Crippen LogP contribution in [0, 0.1) is 0 Å². The Bertz CT molecular complexity index is 631. The van der Waals surface area contributed by atoms with Crippen molar-refractivity contribution in [3.05, 3.63) is 71.8 Å². The summed E-state index contributed by atoms with van der Waals surface area (Å²) in [5.74, 6) is 0. The molecule has 1 N–H and O–H groups in total. The Kier molecular flexibility index (Phi) is 6.63. The van der Waals surface area contributed by atoms with Crippen molar-refractivity contribution < 1.29 is 9.53 Å². The van der Waals surface area contributed by atoms with E-state index in [1.54, 1.807) is 7.11 Å². The maximum absolute atomic E-state index is 12.2. The summed E-state index contributed by atoms with van der Waals surface area (Å²) in [6.07, 6.45) is 0. The number of hydrogen-bond donors (Lipinski definition) is 1. The van der Waals surface area contributed by atoms with E-state index in [9.17, 15) is 4.79 Å². The molecule has 1 saturated heterocycles. The molecule has 2 aromatic carbocycles. The Morgan fingerprint density at radius 1 is 0.962 bits per heavy atom. The molecular weight excluding hydrogens is 326 g/mol. The third-order valence-electron chi connectivity index (χ3n) is 4.78. The standard InChI is InChI=1S/C21H27N3O2/c1-26-17-12-22-21(25)24-15-13-23(14-16-24)20(18-8-4-2-5-9-18)19-10-6-3-7-11-19/h2-11,20H,12-17H2,1H3,(H,22,25). The summed E-state index contributed by atoms with van der Waals surface area (Å²) in [6.45, 7) is 4.25. The van der Waals surface area contributed by atoms with Crippen LogP contribution in [0.5, 0.6) is 0 Å². The van der Waals surface area contributed by atoms with E-state index < -0.39 is 0 Å². The van der Waals surface area contributed by atoms with Crippen molar-refractivity contribution in [1.82, 2.24) is 15.1 Å². The number of amides is 2. The first-order chi connectivity index (χ1) is 12.8. The van der Waals surface area contributed by atoms with Gasteiger partial charge in [0.2, 0.25) is 0 Å². The van der Waals surface area contributed by atoms with Crippen molar-refractivity contribution in [1.29, 1.82) is 0 Å². The molecule has 0 atom stereocenters. The fourth-order valence-electron chi connectivity index (χ4n) is 3.44. The Hall–Kier alpha value is -2.37. The molecule has 1 aliphatic rings. The first kappa shape index (κ1) is 18.4. The Morgan fingerprint density at radius 2 is 1.50 bits per heavy atom. The molecule has 5 nitrogen and oxygen atoms in total. The van der Waals surface area contributed by atoms with Gasteiger partial charge >= 0.3 is 6.03 Å². The van der Waals surface area contributed by atoms with E-state index in [-0.39, 0.29) is 12.1 Å². The molecule has 0 saturated carbocycles. The number of nitrogens with zero attached hydrogens (tertiary/aromatic N) is 2. The molecule has 1 aliphatic heterocycles. The number of urea groups is 1. The van der Waals surface area contributed by atoms with Gasteiger partial charge in [0.1, 0.15) is 0 Å². The first-order valence-electron chi connectivity index (χ1n) is 9.15. The first-order valence-corrected chi connectivity index (χ1v) is 9.15. The predicted molar refractivity (Wildman–Crippen MR) is 103 cm³/mol. The molecule has 3 rings (SSSR count). The second-order valence-electron chi connectivity index (χ2n) is 6.47. The summed E-state index contributed by atoms with van der Waals surface area (Å²) in [7, 11) is 1.64. The molecule has 0 aromatic heterocycles. The summed E-state index contributed by atoms with van der Waals surface area (Å²) < 4.78 is 4.98. The minimum absolute atomic E-state index is 0.00216. The van der Waals surface area contributed by atoms with Crippen molar-refractivity contribution in [2.45, 2.75) is 6.04 Å². The van der Waals surface area contributed by atoms with Gasteiger partial charge in [-0.15, -0.1) is 0 Å². The fraction of sp³-hybridized carbons (Fsp3) is 0.381. The number of carbonyl (C=O) groups is 1. The maximum Gasteiger partial charge on any atom is 0.317 e. The molecule has 2 aromatic rings. The zero-order valence-electron chi connectivity index (χ0n) is 15.3. The summed E-state index contributed by atoms with van der Waals surface area (Å²) in [6, 6.07) is 21.4. The van der Waals surface area contributed by atoms with Crippen molar-refractivity contribution in [2.24, 2.45) is 0 Å². The molecule has 2 amide bonds. The van der Waals surface area contributed by atoms with Crippen LogP contribution in [0.15, 0.2) is 60.7 Å². The zero-order valence-corrected chi connectivity index (χ0v) is 15.3. The van der Waals surface area contributed by atoms with Crippen molar-refractivity contribution in [3.63, 3.8) is 0 Å². The number of carbonyl (C=O) groups excluding carboxylic acids is 1. The van der Waals surface area contributed by atoms with Gasteiger partial charge in [-0.25, -0.2) is 4.79 Å². The van der Waals surface area contributed by atoms with E-state index >= 15 is 0 Å². The third-order valence-corrected chi connectivity index (χ3v) is 4.78. The van der Waals surface area contributed by atoms with Gasteiger partial charge in [0.15, 0.2) is 0 Å². The molecule has 26 heavy (non-hydrogen) atoms. The largest absolute Gasteiger partial charge is 0.383 e. The lowest BCUT2D eigenvalue weighted by Crippen LogP contribution is -2.52. The van der Waals surface area contributed by atoms with Gasteiger partial charge in [0, 0.05) is 39.8 Å². The van der Waals surface area contributed by atoms with Gasteiger partial charge in [-0.3, -0.25) is 4.90 Å². The monoisotopic (exact) mass is 353 g/mol. The lowest BCUT2D eigenvalue weighted by molar-refractivity contribution is 0.118. The molecule has 0 bridgehead atoms. The number of nitrogens with one attached hydrogen (secondary N) is 1. The van der Waals surface area contributed by atoms with Crippen LogP contribution >= 0.6 is 0 Å². The van der Waals surface area contributed by atoms with Crippen molar-refractivity contribution in [2.75, 3.05) is 46.4 Å². The minimum atomic E-state index is -0.00216. The molecule has 138 valence electrons. The van der Waals surface area contributed by atoms with Gasteiger partial charge < -0.3 is 15.0 Å². The molecule has 0 spiro atoms. The average Bonchev–Trinajstić information content (AvgIpc) is 2.70. The van der Waals surface area contributed by atoms with Gasteiger partial charge in [-0.1, -0.05) is 60.7 Å². The van der Waals surface area contributed by atoms with Crippen LogP contribution in [0.25, 0.3) is 0 Å². The van der Waals surface area contributed by atoms with Crippen LogP contribution in [-0.2, 0) is 4.74 Å². The Labute approximate surface area is 155 Å². The molecular formula is C21H27N3O2. The maximum atomic E-state index is 12.2. The lowest BCUT2D eigenvalue weighted by atomic mass is 9.96. The number of benzene rings is 2. The van der Waals surface area contributed by atoms with Crippen LogP contribution in [0.3, 0.4) is 0 Å². The van der Waals surface area contributed by atoms with Crippen molar-refractivity contribution >= 4 is 6.03 Å². The van der Waals surface area contributed by atoms with Crippen LogP contribution in [0.1, 0.15) is 17.2 Å². The molecule has 1 fully saturated rings. The second kappa shape index (κ2) is 9.36. The summed E-state index contributed by atoms with van der Waals surface area (Å²) in [4.78, 5) is 16.6. The quantitative estimate of drug-likeness (QED) is 0.812. The SMILES string of the molecule is COCCNC(=O)N1CCN(C(c2ccccc2)c2ccccc2)CC1. The Balaban J connectivity index is 1.67. The van der Waals surface area contributed by atoms with E-state index in [1.807, 2.05) is 17.0 Å².